The highest BCUT2D eigenvalue weighted by atomic mass is 15.5. The van der Waals surface area contributed by atoms with Gasteiger partial charge in [-0.15, -0.1) is 0 Å². The molecule has 1 atom stereocenters. The number of para-hydroxylation sites is 1. The first kappa shape index (κ1) is 24.6. The Morgan fingerprint density at radius 2 is 1.60 bits per heavy atom. The topological polar surface area (TPSA) is 67.6 Å². The second kappa shape index (κ2) is 10.8. The van der Waals surface area contributed by atoms with Crippen LogP contribution in [0.2, 0.25) is 0 Å². The maximum absolute atomic E-state index is 6.85. The quantitative estimate of drug-likeness (QED) is 0.350. The summed E-state index contributed by atoms with van der Waals surface area (Å²) in [6.45, 7) is 8.70. The minimum atomic E-state index is 0.00253. The van der Waals surface area contributed by atoms with Crippen LogP contribution >= 0.6 is 0 Å². The number of allylic oxidation sites excluding steroid dienone is 2. The van der Waals surface area contributed by atoms with Crippen molar-refractivity contribution in [3.63, 3.8) is 0 Å². The summed E-state index contributed by atoms with van der Waals surface area (Å²) >= 11 is 0. The molecule has 4 rings (SSSR count). The molecule has 1 unspecified atom stereocenters. The zero-order chi connectivity index (χ0) is 24.9. The fourth-order valence-corrected chi connectivity index (χ4v) is 5.17. The molecular formula is C31H38N4. The molecule has 0 aromatic heterocycles. The van der Waals surface area contributed by atoms with Crippen molar-refractivity contribution in [1.82, 2.24) is 0 Å². The highest BCUT2D eigenvalue weighted by molar-refractivity contribution is 6.07. The Balaban J connectivity index is 1.79. The van der Waals surface area contributed by atoms with Crippen molar-refractivity contribution in [2.45, 2.75) is 65.8 Å². The van der Waals surface area contributed by atoms with Gasteiger partial charge in [-0.3, -0.25) is 5.01 Å². The Hall–Kier alpha value is -3.53. The molecule has 0 bridgehead atoms. The third kappa shape index (κ3) is 4.84. The maximum Gasteiger partial charge on any atom is 0.0866 e. The fourth-order valence-electron chi connectivity index (χ4n) is 5.17. The molecule has 1 heterocycles. The number of rotatable bonds is 8. The molecule has 0 saturated carbocycles. The van der Waals surface area contributed by atoms with Gasteiger partial charge in [-0.2, -0.15) is 5.10 Å². The highest BCUT2D eigenvalue weighted by Gasteiger charge is 2.33. The van der Waals surface area contributed by atoms with Gasteiger partial charge in [0.1, 0.15) is 0 Å². The van der Waals surface area contributed by atoms with Crippen molar-refractivity contribution in [3.8, 4) is 0 Å². The van der Waals surface area contributed by atoms with Crippen molar-refractivity contribution in [2.24, 2.45) is 10.8 Å². The number of nitrogens with two attached hydrogens (primary N) is 2. The molecule has 3 aromatic carbocycles. The van der Waals surface area contributed by atoms with Crippen LogP contribution in [0.5, 0.6) is 0 Å². The van der Waals surface area contributed by atoms with Gasteiger partial charge < -0.3 is 11.5 Å². The van der Waals surface area contributed by atoms with Gasteiger partial charge in [0.15, 0.2) is 0 Å². The van der Waals surface area contributed by atoms with Crippen LogP contribution in [-0.2, 0) is 19.3 Å². The van der Waals surface area contributed by atoms with E-state index in [4.69, 9.17) is 16.6 Å². The van der Waals surface area contributed by atoms with Gasteiger partial charge in [-0.25, -0.2) is 0 Å². The van der Waals surface area contributed by atoms with Crippen LogP contribution in [0.25, 0.3) is 5.57 Å². The first-order chi connectivity index (χ1) is 17.0. The summed E-state index contributed by atoms with van der Waals surface area (Å²) < 4.78 is 0. The molecule has 1 aliphatic heterocycles. The summed E-state index contributed by atoms with van der Waals surface area (Å²) in [5.41, 5.74) is 24.6. The minimum absolute atomic E-state index is 0.00253. The largest absolute Gasteiger partial charge is 0.398 e. The van der Waals surface area contributed by atoms with E-state index in [1.54, 1.807) is 0 Å². The second-order valence-corrected chi connectivity index (χ2v) is 9.16. The molecule has 35 heavy (non-hydrogen) atoms. The summed E-state index contributed by atoms with van der Waals surface area (Å²) in [4.78, 5) is 0. The van der Waals surface area contributed by atoms with Gasteiger partial charge >= 0.3 is 0 Å². The van der Waals surface area contributed by atoms with Crippen LogP contribution in [0.3, 0.4) is 0 Å². The lowest BCUT2D eigenvalue weighted by atomic mass is 9.90. The van der Waals surface area contributed by atoms with Gasteiger partial charge in [0.25, 0.3) is 0 Å². The number of nitrogen functional groups attached to an aromatic ring is 1. The fraction of sp³-hybridized carbons (Fsp3) is 0.323. The van der Waals surface area contributed by atoms with Crippen LogP contribution in [-0.4, -0.2) is 5.71 Å². The Labute approximate surface area is 210 Å². The predicted molar refractivity (Wildman–Crippen MR) is 151 cm³/mol. The summed E-state index contributed by atoms with van der Waals surface area (Å²) in [5, 5.41) is 7.20. The van der Waals surface area contributed by atoms with E-state index >= 15 is 0 Å². The van der Waals surface area contributed by atoms with E-state index in [0.717, 1.165) is 66.0 Å². The average Bonchev–Trinajstić information content (AvgIpc) is 3.35. The molecule has 1 aliphatic rings. The van der Waals surface area contributed by atoms with E-state index in [2.05, 4.69) is 81.2 Å². The number of aryl methyl sites for hydroxylation is 2. The maximum atomic E-state index is 6.85. The average molecular weight is 467 g/mol. The number of hydrogen-bond acceptors (Lipinski definition) is 4. The molecule has 4 heteroatoms. The Morgan fingerprint density at radius 3 is 2.20 bits per heavy atom. The van der Waals surface area contributed by atoms with Gasteiger partial charge in [0, 0.05) is 17.7 Å². The lowest BCUT2D eigenvalue weighted by Gasteiger charge is -2.26. The smallest absolute Gasteiger partial charge is 0.0866 e. The normalized spacial score (nSPS) is 16.3. The molecule has 4 nitrogen and oxygen atoms in total. The van der Waals surface area contributed by atoms with E-state index in [1.807, 2.05) is 18.2 Å². The third-order valence-electron chi connectivity index (χ3n) is 7.21. The van der Waals surface area contributed by atoms with E-state index in [0.29, 0.717) is 0 Å². The van der Waals surface area contributed by atoms with E-state index in [-0.39, 0.29) is 6.04 Å². The number of hydrogen-bond donors (Lipinski definition) is 2. The SMILES string of the molecule is CCC(=C(N)C1=NN(c2ccccc2)C(c2ccc(CC)c(CC)c2N)C1)c1ccc(CC)cc1. The molecule has 0 radical (unpaired) electrons. The Morgan fingerprint density at radius 1 is 0.886 bits per heavy atom. The monoisotopic (exact) mass is 466 g/mol. The summed E-state index contributed by atoms with van der Waals surface area (Å²) in [6.07, 6.45) is 4.49. The molecule has 4 N–H and O–H groups in total. The third-order valence-corrected chi connectivity index (χ3v) is 7.21. The first-order valence-electron chi connectivity index (χ1n) is 12.9. The lowest BCUT2D eigenvalue weighted by molar-refractivity contribution is 0.709. The van der Waals surface area contributed by atoms with Crippen molar-refractivity contribution in [3.05, 3.63) is 100 Å². The standard InChI is InChI=1S/C31H38N4/c1-5-21-14-16-23(17-15-21)26(8-4)31(33)28-20-29(35(34-28)24-12-10-9-11-13-24)27-19-18-22(6-2)25(7-3)30(27)32/h9-19,29H,5-8,20,32-33H2,1-4H3. The van der Waals surface area contributed by atoms with Crippen molar-refractivity contribution in [2.75, 3.05) is 10.7 Å². The molecule has 3 aromatic rings. The number of nitrogens with zero attached hydrogens (tertiary/aromatic N) is 2. The number of benzene rings is 3. The van der Waals surface area contributed by atoms with Crippen molar-refractivity contribution >= 4 is 22.7 Å². The molecule has 0 amide bonds. The highest BCUT2D eigenvalue weighted by Crippen LogP contribution is 2.41. The van der Waals surface area contributed by atoms with E-state index in [9.17, 15) is 0 Å². The van der Waals surface area contributed by atoms with E-state index in [1.165, 1.54) is 22.3 Å². The molecular weight excluding hydrogens is 428 g/mol. The van der Waals surface area contributed by atoms with Crippen LogP contribution in [0, 0.1) is 0 Å². The number of anilines is 2. The van der Waals surface area contributed by atoms with Crippen molar-refractivity contribution in [1.29, 1.82) is 0 Å². The van der Waals surface area contributed by atoms with Gasteiger partial charge in [0.2, 0.25) is 0 Å². The van der Waals surface area contributed by atoms with Gasteiger partial charge in [-0.05, 0) is 65.6 Å². The van der Waals surface area contributed by atoms with Crippen LogP contribution < -0.4 is 16.5 Å². The molecule has 182 valence electrons. The van der Waals surface area contributed by atoms with Crippen molar-refractivity contribution < 1.29 is 0 Å². The molecule has 0 aliphatic carbocycles. The Bertz CT molecular complexity index is 1220. The minimum Gasteiger partial charge on any atom is -0.398 e. The first-order valence-corrected chi connectivity index (χ1v) is 12.9. The van der Waals surface area contributed by atoms with Gasteiger partial charge in [-0.1, -0.05) is 82.3 Å². The molecule has 0 fully saturated rings. The zero-order valence-corrected chi connectivity index (χ0v) is 21.5. The summed E-state index contributed by atoms with van der Waals surface area (Å²) in [6, 6.07) is 23.5. The van der Waals surface area contributed by atoms with Gasteiger partial charge in [0.05, 0.1) is 23.1 Å². The molecule has 0 spiro atoms. The predicted octanol–water partition coefficient (Wildman–Crippen LogP) is 7.04. The summed E-state index contributed by atoms with van der Waals surface area (Å²) in [5.74, 6) is 0. The second-order valence-electron chi connectivity index (χ2n) is 9.16. The van der Waals surface area contributed by atoms with Crippen LogP contribution in [0.4, 0.5) is 11.4 Å². The van der Waals surface area contributed by atoms with Crippen LogP contribution in [0.1, 0.15) is 74.4 Å². The van der Waals surface area contributed by atoms with Crippen LogP contribution in [0.15, 0.2) is 77.5 Å². The zero-order valence-electron chi connectivity index (χ0n) is 21.5. The lowest BCUT2D eigenvalue weighted by Crippen LogP contribution is -2.20. The summed E-state index contributed by atoms with van der Waals surface area (Å²) in [7, 11) is 0. The van der Waals surface area contributed by atoms with E-state index < -0.39 is 0 Å². The molecule has 0 saturated heterocycles. The number of hydrazone groups is 1. The Kier molecular flexibility index (Phi) is 7.60.